The summed E-state index contributed by atoms with van der Waals surface area (Å²) < 4.78 is 7.04. The Labute approximate surface area is 181 Å². The molecule has 0 saturated heterocycles. The fourth-order valence-corrected chi connectivity index (χ4v) is 4.20. The van der Waals surface area contributed by atoms with Crippen LogP contribution in [-0.2, 0) is 16.1 Å². The molecular weight excluding hydrogens is 392 g/mol. The number of amides is 1. The summed E-state index contributed by atoms with van der Waals surface area (Å²) in [6, 6.07) is 15.1. The van der Waals surface area contributed by atoms with Gasteiger partial charge in [0.2, 0.25) is 0 Å². The van der Waals surface area contributed by atoms with Crippen molar-refractivity contribution in [3.63, 3.8) is 0 Å². The number of carbonyl (C=O) groups excluding carboxylic acids is 2. The third-order valence-corrected chi connectivity index (χ3v) is 6.33. The highest BCUT2D eigenvalue weighted by Crippen LogP contribution is 2.29. The second kappa shape index (κ2) is 9.29. The van der Waals surface area contributed by atoms with Crippen molar-refractivity contribution in [3.8, 4) is 0 Å². The van der Waals surface area contributed by atoms with Gasteiger partial charge in [-0.05, 0) is 48.1 Å². The summed E-state index contributed by atoms with van der Waals surface area (Å²) in [4.78, 5) is 24.6. The Bertz CT molecular complexity index is 1060. The van der Waals surface area contributed by atoms with Crippen LogP contribution in [0.15, 0.2) is 48.5 Å². The Balaban J connectivity index is 1.29. The Kier molecular flexibility index (Phi) is 6.30. The lowest BCUT2D eigenvalue weighted by Crippen LogP contribution is -2.45. The van der Waals surface area contributed by atoms with Crippen molar-refractivity contribution in [3.05, 3.63) is 59.7 Å². The van der Waals surface area contributed by atoms with Gasteiger partial charge in [-0.2, -0.15) is 0 Å². The number of nitrogens with one attached hydrogen (secondary N) is 1. The monoisotopic (exact) mass is 420 g/mol. The van der Waals surface area contributed by atoms with E-state index in [0.29, 0.717) is 23.9 Å². The van der Waals surface area contributed by atoms with Crippen LogP contribution in [0.2, 0.25) is 0 Å². The SMILES string of the molecule is C[C@@H]1[C@H](C)CCC[C@H]1NC(=O)COC(=O)c1ccc(Cn2nnc3ccccc32)cc1. The molecule has 0 spiro atoms. The van der Waals surface area contributed by atoms with Crippen molar-refractivity contribution < 1.29 is 14.3 Å². The summed E-state index contributed by atoms with van der Waals surface area (Å²) in [5, 5.41) is 11.4. The molecule has 1 aromatic heterocycles. The summed E-state index contributed by atoms with van der Waals surface area (Å²) in [6.45, 7) is 4.68. The van der Waals surface area contributed by atoms with Gasteiger partial charge >= 0.3 is 5.97 Å². The molecule has 1 aliphatic carbocycles. The number of nitrogens with zero attached hydrogens (tertiary/aromatic N) is 3. The maximum Gasteiger partial charge on any atom is 0.338 e. The van der Waals surface area contributed by atoms with E-state index in [9.17, 15) is 9.59 Å². The standard InChI is InChI=1S/C24H28N4O3/c1-16-6-5-8-20(17(16)2)25-23(29)15-31-24(30)19-12-10-18(11-13-19)14-28-22-9-4-3-7-21(22)26-27-28/h3-4,7,9-13,16-17,20H,5-6,8,14-15H2,1-2H3,(H,25,29)/t16-,17-,20-/m1/s1. The first-order chi connectivity index (χ1) is 15.0. The zero-order valence-corrected chi connectivity index (χ0v) is 18.0. The molecule has 1 amide bonds. The lowest BCUT2D eigenvalue weighted by Gasteiger charge is -2.34. The van der Waals surface area contributed by atoms with E-state index in [1.165, 1.54) is 6.42 Å². The molecule has 31 heavy (non-hydrogen) atoms. The van der Waals surface area contributed by atoms with Gasteiger partial charge in [0.1, 0.15) is 5.52 Å². The van der Waals surface area contributed by atoms with Crippen LogP contribution in [0.25, 0.3) is 11.0 Å². The Morgan fingerprint density at radius 2 is 1.87 bits per heavy atom. The molecule has 1 N–H and O–H groups in total. The number of rotatable bonds is 6. The fraction of sp³-hybridized carbons (Fsp3) is 0.417. The number of hydrogen-bond acceptors (Lipinski definition) is 5. The molecule has 0 bridgehead atoms. The Morgan fingerprint density at radius 3 is 2.68 bits per heavy atom. The van der Waals surface area contributed by atoms with Gasteiger partial charge in [-0.25, -0.2) is 9.48 Å². The van der Waals surface area contributed by atoms with Gasteiger partial charge in [0.25, 0.3) is 5.91 Å². The van der Waals surface area contributed by atoms with Crippen LogP contribution in [0.3, 0.4) is 0 Å². The number of benzene rings is 2. The van der Waals surface area contributed by atoms with Gasteiger partial charge in [0.15, 0.2) is 6.61 Å². The van der Waals surface area contributed by atoms with E-state index in [2.05, 4.69) is 29.5 Å². The molecule has 1 saturated carbocycles. The molecule has 0 radical (unpaired) electrons. The van der Waals surface area contributed by atoms with Crippen LogP contribution in [0.4, 0.5) is 0 Å². The third-order valence-electron chi connectivity index (χ3n) is 6.33. The first kappa shape index (κ1) is 21.0. The average molecular weight is 421 g/mol. The van der Waals surface area contributed by atoms with E-state index in [0.717, 1.165) is 29.4 Å². The highest BCUT2D eigenvalue weighted by atomic mass is 16.5. The van der Waals surface area contributed by atoms with Crippen molar-refractivity contribution >= 4 is 22.9 Å². The van der Waals surface area contributed by atoms with Crippen molar-refractivity contribution in [2.24, 2.45) is 11.8 Å². The van der Waals surface area contributed by atoms with E-state index >= 15 is 0 Å². The normalized spacial score (nSPS) is 21.0. The van der Waals surface area contributed by atoms with Crippen LogP contribution < -0.4 is 5.32 Å². The maximum absolute atomic E-state index is 12.3. The Hall–Kier alpha value is -3.22. The van der Waals surface area contributed by atoms with E-state index in [1.54, 1.807) is 12.1 Å². The molecular formula is C24H28N4O3. The van der Waals surface area contributed by atoms with Crippen molar-refractivity contribution in [1.29, 1.82) is 0 Å². The van der Waals surface area contributed by atoms with E-state index < -0.39 is 5.97 Å². The van der Waals surface area contributed by atoms with Crippen LogP contribution in [-0.4, -0.2) is 39.5 Å². The van der Waals surface area contributed by atoms with Gasteiger partial charge in [0.05, 0.1) is 17.6 Å². The van der Waals surface area contributed by atoms with Crippen molar-refractivity contribution in [2.45, 2.75) is 45.7 Å². The van der Waals surface area contributed by atoms with Gasteiger partial charge in [-0.1, -0.05) is 56.2 Å². The predicted molar refractivity (Wildman–Crippen MR) is 117 cm³/mol. The summed E-state index contributed by atoms with van der Waals surface area (Å²) in [6.07, 6.45) is 3.30. The number of ether oxygens (including phenoxy) is 1. The molecule has 4 rings (SSSR count). The number of para-hydroxylation sites is 1. The van der Waals surface area contributed by atoms with Crippen LogP contribution in [0, 0.1) is 11.8 Å². The van der Waals surface area contributed by atoms with Crippen molar-refractivity contribution in [1.82, 2.24) is 20.3 Å². The summed E-state index contributed by atoms with van der Waals surface area (Å²) in [7, 11) is 0. The first-order valence-corrected chi connectivity index (χ1v) is 10.8. The minimum atomic E-state index is -0.502. The number of esters is 1. The van der Waals surface area contributed by atoms with Gasteiger partial charge < -0.3 is 10.1 Å². The lowest BCUT2D eigenvalue weighted by atomic mass is 9.78. The summed E-state index contributed by atoms with van der Waals surface area (Å²) in [5.74, 6) is 0.283. The summed E-state index contributed by atoms with van der Waals surface area (Å²) in [5.41, 5.74) is 3.21. The molecule has 1 heterocycles. The molecule has 1 fully saturated rings. The Morgan fingerprint density at radius 1 is 1.10 bits per heavy atom. The molecule has 7 nitrogen and oxygen atoms in total. The quantitative estimate of drug-likeness (QED) is 0.616. The van der Waals surface area contributed by atoms with E-state index in [4.69, 9.17) is 4.74 Å². The topological polar surface area (TPSA) is 86.1 Å². The molecule has 7 heteroatoms. The molecule has 3 atom stereocenters. The van der Waals surface area contributed by atoms with E-state index in [-0.39, 0.29) is 18.6 Å². The molecule has 0 unspecified atom stereocenters. The molecule has 162 valence electrons. The third kappa shape index (κ3) is 4.93. The fourth-order valence-electron chi connectivity index (χ4n) is 4.20. The second-order valence-electron chi connectivity index (χ2n) is 8.45. The van der Waals surface area contributed by atoms with Gasteiger partial charge in [0, 0.05) is 6.04 Å². The number of carbonyl (C=O) groups is 2. The molecule has 1 aliphatic rings. The average Bonchev–Trinajstić information content (AvgIpc) is 3.19. The second-order valence-corrected chi connectivity index (χ2v) is 8.45. The van der Waals surface area contributed by atoms with E-state index in [1.807, 2.05) is 41.1 Å². The zero-order chi connectivity index (χ0) is 21.8. The zero-order valence-electron chi connectivity index (χ0n) is 18.0. The highest BCUT2D eigenvalue weighted by Gasteiger charge is 2.28. The molecule has 0 aliphatic heterocycles. The van der Waals surface area contributed by atoms with Crippen LogP contribution in [0.5, 0.6) is 0 Å². The largest absolute Gasteiger partial charge is 0.452 e. The lowest BCUT2D eigenvalue weighted by molar-refractivity contribution is -0.125. The minimum absolute atomic E-state index is 0.155. The van der Waals surface area contributed by atoms with Crippen molar-refractivity contribution in [2.75, 3.05) is 6.61 Å². The summed E-state index contributed by atoms with van der Waals surface area (Å²) >= 11 is 0. The van der Waals surface area contributed by atoms with Crippen LogP contribution >= 0.6 is 0 Å². The minimum Gasteiger partial charge on any atom is -0.452 e. The van der Waals surface area contributed by atoms with Gasteiger partial charge in [-0.15, -0.1) is 5.10 Å². The molecule has 3 aromatic rings. The number of aromatic nitrogens is 3. The van der Waals surface area contributed by atoms with Crippen LogP contribution in [0.1, 0.15) is 49.0 Å². The van der Waals surface area contributed by atoms with Gasteiger partial charge in [-0.3, -0.25) is 4.79 Å². The maximum atomic E-state index is 12.3. The molecule has 2 aromatic carbocycles. The first-order valence-electron chi connectivity index (χ1n) is 10.8. The number of fused-ring (bicyclic) bond motifs is 1. The highest BCUT2D eigenvalue weighted by molar-refractivity contribution is 5.91. The number of hydrogen-bond donors (Lipinski definition) is 1. The smallest absolute Gasteiger partial charge is 0.338 e. The predicted octanol–water partition coefficient (Wildman–Crippen LogP) is 3.58.